The zero-order valence-corrected chi connectivity index (χ0v) is 12.1. The number of aryl methyl sites for hydroxylation is 1. The summed E-state index contributed by atoms with van der Waals surface area (Å²) in [6, 6.07) is 6.91. The second kappa shape index (κ2) is 5.41. The van der Waals surface area contributed by atoms with Crippen molar-refractivity contribution in [3.05, 3.63) is 34.9 Å². The van der Waals surface area contributed by atoms with Crippen molar-refractivity contribution in [3.8, 4) is 0 Å². The number of likely N-dealkylation sites (N-methyl/N-ethyl adjacent to an activating group) is 1. The highest BCUT2D eigenvalue weighted by atomic mass is 15.1. The Morgan fingerprint density at radius 2 is 2.06 bits per heavy atom. The standard InChI is InChI=1S/C16H26N2/c1-11-6-5-7-15(13(11)3)16(9-17)18(4)10-14-8-12(14)2/h5-7,12,14,16H,8-10,17H2,1-4H3. The number of rotatable bonds is 5. The molecule has 2 rings (SSSR count). The quantitative estimate of drug-likeness (QED) is 0.865. The summed E-state index contributed by atoms with van der Waals surface area (Å²) < 4.78 is 0. The fourth-order valence-electron chi connectivity index (χ4n) is 2.83. The van der Waals surface area contributed by atoms with Crippen LogP contribution in [0.15, 0.2) is 18.2 Å². The van der Waals surface area contributed by atoms with Crippen LogP contribution in [-0.2, 0) is 0 Å². The molecule has 0 aliphatic heterocycles. The molecule has 0 bridgehead atoms. The van der Waals surface area contributed by atoms with Gasteiger partial charge in [-0.3, -0.25) is 4.90 Å². The number of benzene rings is 1. The number of nitrogens with zero attached hydrogens (tertiary/aromatic N) is 1. The first-order chi connectivity index (χ1) is 8.54. The van der Waals surface area contributed by atoms with Gasteiger partial charge in [-0.05, 0) is 55.8 Å². The highest BCUT2D eigenvalue weighted by Gasteiger charge is 2.34. The molecule has 18 heavy (non-hydrogen) atoms. The third kappa shape index (κ3) is 2.76. The normalized spacial score (nSPS) is 24.3. The lowest BCUT2D eigenvalue weighted by atomic mass is 9.96. The van der Waals surface area contributed by atoms with Crippen LogP contribution >= 0.6 is 0 Å². The summed E-state index contributed by atoms with van der Waals surface area (Å²) in [6.07, 6.45) is 1.38. The fraction of sp³-hybridized carbons (Fsp3) is 0.625. The molecule has 0 radical (unpaired) electrons. The van der Waals surface area contributed by atoms with Gasteiger partial charge in [0.25, 0.3) is 0 Å². The summed E-state index contributed by atoms with van der Waals surface area (Å²) in [5.41, 5.74) is 10.2. The lowest BCUT2D eigenvalue weighted by Gasteiger charge is -2.29. The average Bonchev–Trinajstić information content (AvgIpc) is 3.01. The molecule has 1 aromatic carbocycles. The Morgan fingerprint density at radius 3 is 2.61 bits per heavy atom. The summed E-state index contributed by atoms with van der Waals surface area (Å²) in [4.78, 5) is 2.44. The first-order valence-electron chi connectivity index (χ1n) is 7.01. The number of nitrogens with two attached hydrogens (primary N) is 1. The van der Waals surface area contributed by atoms with Gasteiger partial charge in [0.05, 0.1) is 0 Å². The molecule has 1 aliphatic carbocycles. The minimum Gasteiger partial charge on any atom is -0.329 e. The molecule has 0 amide bonds. The summed E-state index contributed by atoms with van der Waals surface area (Å²) in [6.45, 7) is 8.60. The maximum absolute atomic E-state index is 6.01. The van der Waals surface area contributed by atoms with E-state index in [1.807, 2.05) is 0 Å². The predicted molar refractivity (Wildman–Crippen MR) is 77.6 cm³/mol. The van der Waals surface area contributed by atoms with Crippen LogP contribution in [0.5, 0.6) is 0 Å². The topological polar surface area (TPSA) is 29.3 Å². The van der Waals surface area contributed by atoms with Crippen molar-refractivity contribution >= 4 is 0 Å². The summed E-state index contributed by atoms with van der Waals surface area (Å²) >= 11 is 0. The van der Waals surface area contributed by atoms with E-state index in [1.54, 1.807) is 0 Å². The van der Waals surface area contributed by atoms with Gasteiger partial charge in [-0.1, -0.05) is 25.1 Å². The van der Waals surface area contributed by atoms with Crippen LogP contribution in [0.4, 0.5) is 0 Å². The van der Waals surface area contributed by atoms with Crippen molar-refractivity contribution in [2.24, 2.45) is 17.6 Å². The van der Waals surface area contributed by atoms with E-state index in [0.717, 1.165) is 11.8 Å². The predicted octanol–water partition coefficient (Wildman–Crippen LogP) is 2.89. The molecule has 3 atom stereocenters. The van der Waals surface area contributed by atoms with Crippen molar-refractivity contribution in [3.63, 3.8) is 0 Å². The second-order valence-electron chi connectivity index (χ2n) is 5.95. The molecule has 1 saturated carbocycles. The van der Waals surface area contributed by atoms with E-state index in [-0.39, 0.29) is 0 Å². The SMILES string of the molecule is Cc1cccc(C(CN)N(C)CC2CC2C)c1C. The van der Waals surface area contributed by atoms with Crippen LogP contribution in [0.2, 0.25) is 0 Å². The molecule has 2 N–H and O–H groups in total. The van der Waals surface area contributed by atoms with Gasteiger partial charge in [-0.25, -0.2) is 0 Å². The van der Waals surface area contributed by atoms with Crippen LogP contribution < -0.4 is 5.73 Å². The molecule has 0 saturated heterocycles. The van der Waals surface area contributed by atoms with Crippen molar-refractivity contribution in [2.75, 3.05) is 20.1 Å². The molecule has 0 aromatic heterocycles. The maximum atomic E-state index is 6.01. The first kappa shape index (κ1) is 13.6. The third-order valence-corrected chi connectivity index (χ3v) is 4.56. The Bertz CT molecular complexity index is 414. The van der Waals surface area contributed by atoms with E-state index in [2.05, 4.69) is 50.9 Å². The Morgan fingerprint density at radius 1 is 1.39 bits per heavy atom. The molecule has 2 nitrogen and oxygen atoms in total. The first-order valence-corrected chi connectivity index (χ1v) is 7.01. The van der Waals surface area contributed by atoms with Crippen molar-refractivity contribution in [2.45, 2.75) is 33.2 Å². The zero-order valence-electron chi connectivity index (χ0n) is 12.1. The van der Waals surface area contributed by atoms with Gasteiger partial charge in [0.1, 0.15) is 0 Å². The second-order valence-corrected chi connectivity index (χ2v) is 5.95. The van der Waals surface area contributed by atoms with Crippen molar-refractivity contribution in [1.29, 1.82) is 0 Å². The largest absolute Gasteiger partial charge is 0.329 e. The molecular formula is C16H26N2. The molecule has 1 aliphatic rings. The van der Waals surface area contributed by atoms with Crippen LogP contribution in [-0.4, -0.2) is 25.0 Å². The molecule has 1 fully saturated rings. The van der Waals surface area contributed by atoms with E-state index in [0.29, 0.717) is 12.6 Å². The molecule has 0 spiro atoms. The van der Waals surface area contributed by atoms with Crippen LogP contribution in [0.1, 0.15) is 36.1 Å². The smallest absolute Gasteiger partial charge is 0.0470 e. The molecule has 2 heteroatoms. The maximum Gasteiger partial charge on any atom is 0.0470 e. The lowest BCUT2D eigenvalue weighted by molar-refractivity contribution is 0.236. The van der Waals surface area contributed by atoms with Gasteiger partial charge >= 0.3 is 0 Å². The summed E-state index contributed by atoms with van der Waals surface area (Å²) in [5, 5.41) is 0. The van der Waals surface area contributed by atoms with Gasteiger partial charge in [-0.15, -0.1) is 0 Å². The van der Waals surface area contributed by atoms with E-state index >= 15 is 0 Å². The summed E-state index contributed by atoms with van der Waals surface area (Å²) in [7, 11) is 2.21. The molecule has 3 unspecified atom stereocenters. The Labute approximate surface area is 111 Å². The number of hydrogen-bond acceptors (Lipinski definition) is 2. The van der Waals surface area contributed by atoms with Gasteiger partial charge < -0.3 is 5.73 Å². The fourth-order valence-corrected chi connectivity index (χ4v) is 2.83. The Kier molecular flexibility index (Phi) is 4.08. The molecular weight excluding hydrogens is 220 g/mol. The van der Waals surface area contributed by atoms with Gasteiger partial charge in [0.2, 0.25) is 0 Å². The molecule has 1 aromatic rings. The van der Waals surface area contributed by atoms with Crippen LogP contribution in [0.3, 0.4) is 0 Å². The Hall–Kier alpha value is -0.860. The van der Waals surface area contributed by atoms with E-state index in [1.165, 1.54) is 29.7 Å². The van der Waals surface area contributed by atoms with E-state index in [4.69, 9.17) is 5.73 Å². The Balaban J connectivity index is 2.14. The third-order valence-electron chi connectivity index (χ3n) is 4.56. The monoisotopic (exact) mass is 246 g/mol. The van der Waals surface area contributed by atoms with Gasteiger partial charge in [-0.2, -0.15) is 0 Å². The minimum absolute atomic E-state index is 0.359. The zero-order chi connectivity index (χ0) is 13.3. The molecule has 100 valence electrons. The summed E-state index contributed by atoms with van der Waals surface area (Å²) in [5.74, 6) is 1.79. The number of hydrogen-bond donors (Lipinski definition) is 1. The molecule has 0 heterocycles. The lowest BCUT2D eigenvalue weighted by Crippen LogP contribution is -2.32. The average molecular weight is 246 g/mol. The van der Waals surface area contributed by atoms with E-state index < -0.39 is 0 Å². The van der Waals surface area contributed by atoms with Crippen molar-refractivity contribution in [1.82, 2.24) is 4.90 Å². The van der Waals surface area contributed by atoms with Crippen LogP contribution in [0.25, 0.3) is 0 Å². The van der Waals surface area contributed by atoms with Crippen LogP contribution in [0, 0.1) is 25.7 Å². The highest BCUT2D eigenvalue weighted by Crippen LogP contribution is 2.39. The van der Waals surface area contributed by atoms with Gasteiger partial charge in [0.15, 0.2) is 0 Å². The minimum atomic E-state index is 0.359. The highest BCUT2D eigenvalue weighted by molar-refractivity contribution is 5.35. The van der Waals surface area contributed by atoms with Crippen molar-refractivity contribution < 1.29 is 0 Å². The van der Waals surface area contributed by atoms with E-state index in [9.17, 15) is 0 Å². The van der Waals surface area contributed by atoms with Gasteiger partial charge in [0, 0.05) is 19.1 Å².